The van der Waals surface area contributed by atoms with Crippen LogP contribution in [0, 0.1) is 0 Å². The van der Waals surface area contributed by atoms with Gasteiger partial charge in [0.1, 0.15) is 6.61 Å². The highest BCUT2D eigenvalue weighted by Crippen LogP contribution is 2.31. The van der Waals surface area contributed by atoms with Gasteiger partial charge in [0.05, 0.1) is 5.75 Å². The minimum absolute atomic E-state index is 0.00581. The second-order valence-corrected chi connectivity index (χ2v) is 7.39. The van der Waals surface area contributed by atoms with Crippen molar-refractivity contribution in [1.82, 2.24) is 30.0 Å². The highest BCUT2D eigenvalue weighted by atomic mass is 32.2. The zero-order chi connectivity index (χ0) is 19.5. The average Bonchev–Trinajstić information content (AvgIpc) is 3.16. The summed E-state index contributed by atoms with van der Waals surface area (Å²) in [6.07, 6.45) is -0.656. The molecule has 1 atom stereocenters. The first-order valence-corrected chi connectivity index (χ1v) is 9.90. The Bertz CT molecular complexity index is 867. The smallest absolute Gasteiger partial charge is 0.267 e. The third-order valence-corrected chi connectivity index (χ3v) is 5.63. The lowest BCUT2D eigenvalue weighted by atomic mass is 10.2. The molecule has 4 rings (SSSR count). The summed E-state index contributed by atoms with van der Waals surface area (Å²) in [6, 6.07) is 7.31. The Morgan fingerprint density at radius 1 is 1.14 bits per heavy atom. The van der Waals surface area contributed by atoms with Gasteiger partial charge < -0.3 is 19.3 Å². The Labute approximate surface area is 165 Å². The van der Waals surface area contributed by atoms with Gasteiger partial charge in [-0.3, -0.25) is 9.59 Å². The SMILES string of the molecule is Cn1nnnc1SCC(=O)N1CCN(C(=O)C2COc3ccccc3O2)CC1. The molecule has 3 heterocycles. The Morgan fingerprint density at radius 2 is 1.86 bits per heavy atom. The van der Waals surface area contributed by atoms with E-state index in [1.807, 2.05) is 18.2 Å². The standard InChI is InChI=1S/C17H20N6O4S/c1-21-17(18-19-20-21)28-11-15(24)22-6-8-23(9-7-22)16(25)14-10-26-12-4-2-3-5-13(12)27-14/h2-5,14H,6-11H2,1H3. The van der Waals surface area contributed by atoms with E-state index in [4.69, 9.17) is 9.47 Å². The number of ether oxygens (including phenoxy) is 2. The normalized spacial score (nSPS) is 18.8. The summed E-state index contributed by atoms with van der Waals surface area (Å²) in [7, 11) is 1.73. The van der Waals surface area contributed by atoms with E-state index in [9.17, 15) is 9.59 Å². The van der Waals surface area contributed by atoms with Crippen LogP contribution < -0.4 is 9.47 Å². The first-order chi connectivity index (χ1) is 13.6. The van der Waals surface area contributed by atoms with Gasteiger partial charge in [0.2, 0.25) is 17.2 Å². The van der Waals surface area contributed by atoms with Gasteiger partial charge in [-0.1, -0.05) is 23.9 Å². The molecule has 0 N–H and O–H groups in total. The summed E-state index contributed by atoms with van der Waals surface area (Å²) in [4.78, 5) is 28.6. The van der Waals surface area contributed by atoms with Gasteiger partial charge in [-0.25, -0.2) is 4.68 Å². The van der Waals surface area contributed by atoms with Crippen molar-refractivity contribution in [2.24, 2.45) is 7.05 Å². The second-order valence-electron chi connectivity index (χ2n) is 6.44. The Morgan fingerprint density at radius 3 is 2.57 bits per heavy atom. The number of benzene rings is 1. The molecule has 2 aromatic rings. The zero-order valence-corrected chi connectivity index (χ0v) is 16.2. The summed E-state index contributed by atoms with van der Waals surface area (Å²) in [6.45, 7) is 2.13. The Hall–Kier alpha value is -2.82. The molecule has 10 nitrogen and oxygen atoms in total. The number of hydrogen-bond donors (Lipinski definition) is 0. The van der Waals surface area contributed by atoms with Gasteiger partial charge >= 0.3 is 0 Å². The molecule has 0 saturated carbocycles. The molecule has 0 bridgehead atoms. The third kappa shape index (κ3) is 3.88. The highest BCUT2D eigenvalue weighted by molar-refractivity contribution is 7.99. The lowest BCUT2D eigenvalue weighted by molar-refractivity contribution is -0.145. The van der Waals surface area contributed by atoms with E-state index in [2.05, 4.69) is 15.5 Å². The number of amides is 2. The quantitative estimate of drug-likeness (QED) is 0.647. The van der Waals surface area contributed by atoms with Crippen LogP contribution in [0.5, 0.6) is 11.5 Å². The number of rotatable bonds is 4. The monoisotopic (exact) mass is 404 g/mol. The number of piperazine rings is 1. The molecule has 1 aromatic carbocycles. The zero-order valence-electron chi connectivity index (χ0n) is 15.4. The summed E-state index contributed by atoms with van der Waals surface area (Å²) in [5, 5.41) is 11.7. The topological polar surface area (TPSA) is 103 Å². The van der Waals surface area contributed by atoms with Gasteiger partial charge in [-0.05, 0) is 22.6 Å². The highest BCUT2D eigenvalue weighted by Gasteiger charge is 2.33. The molecule has 1 unspecified atom stereocenters. The van der Waals surface area contributed by atoms with Crippen LogP contribution in [-0.2, 0) is 16.6 Å². The van der Waals surface area contributed by atoms with Crippen molar-refractivity contribution >= 4 is 23.6 Å². The van der Waals surface area contributed by atoms with E-state index in [-0.39, 0.29) is 24.2 Å². The van der Waals surface area contributed by atoms with Gasteiger partial charge in [-0.2, -0.15) is 0 Å². The van der Waals surface area contributed by atoms with E-state index in [1.165, 1.54) is 16.4 Å². The summed E-state index contributed by atoms with van der Waals surface area (Å²) in [5.41, 5.74) is 0. The van der Waals surface area contributed by atoms with Crippen LogP contribution in [0.15, 0.2) is 29.4 Å². The Kier molecular flexibility index (Phi) is 5.33. The Balaban J connectivity index is 1.26. The van der Waals surface area contributed by atoms with Crippen molar-refractivity contribution in [2.75, 3.05) is 38.5 Å². The number of aromatic nitrogens is 4. The molecule has 0 spiro atoms. The van der Waals surface area contributed by atoms with E-state index in [1.54, 1.807) is 22.9 Å². The molecule has 1 aromatic heterocycles. The molecular formula is C17H20N6O4S. The van der Waals surface area contributed by atoms with E-state index >= 15 is 0 Å². The summed E-state index contributed by atoms with van der Waals surface area (Å²) in [5.74, 6) is 1.39. The fraction of sp³-hybridized carbons (Fsp3) is 0.471. The molecule has 2 amide bonds. The lowest BCUT2D eigenvalue weighted by Gasteiger charge is -2.37. The van der Waals surface area contributed by atoms with Crippen LogP contribution in [0.4, 0.5) is 0 Å². The maximum Gasteiger partial charge on any atom is 0.267 e. The predicted molar refractivity (Wildman–Crippen MR) is 99.0 cm³/mol. The van der Waals surface area contributed by atoms with Gasteiger partial charge in [0.15, 0.2) is 11.5 Å². The largest absolute Gasteiger partial charge is 0.485 e. The third-order valence-electron chi connectivity index (χ3n) is 4.63. The number of para-hydroxylation sites is 2. The molecule has 148 valence electrons. The van der Waals surface area contributed by atoms with Crippen LogP contribution in [-0.4, -0.2) is 86.5 Å². The molecule has 0 aliphatic carbocycles. The predicted octanol–water partition coefficient (Wildman–Crippen LogP) is -0.187. The first kappa shape index (κ1) is 18.5. The lowest BCUT2D eigenvalue weighted by Crippen LogP contribution is -2.55. The second kappa shape index (κ2) is 8.05. The average molecular weight is 404 g/mol. The maximum absolute atomic E-state index is 12.7. The van der Waals surface area contributed by atoms with Gasteiger partial charge in [0, 0.05) is 33.2 Å². The maximum atomic E-state index is 12.7. The van der Waals surface area contributed by atoms with Crippen molar-refractivity contribution in [1.29, 1.82) is 0 Å². The molecule has 11 heteroatoms. The van der Waals surface area contributed by atoms with Crippen molar-refractivity contribution in [2.45, 2.75) is 11.3 Å². The first-order valence-electron chi connectivity index (χ1n) is 8.92. The summed E-state index contributed by atoms with van der Waals surface area (Å²) >= 11 is 1.30. The minimum Gasteiger partial charge on any atom is -0.485 e. The number of tetrazole rings is 1. The number of nitrogens with zero attached hydrogens (tertiary/aromatic N) is 6. The van der Waals surface area contributed by atoms with Crippen molar-refractivity contribution in [3.63, 3.8) is 0 Å². The van der Waals surface area contributed by atoms with E-state index in [0.29, 0.717) is 42.8 Å². The van der Waals surface area contributed by atoms with Crippen LogP contribution in [0.3, 0.4) is 0 Å². The molecule has 28 heavy (non-hydrogen) atoms. The van der Waals surface area contributed by atoms with E-state index in [0.717, 1.165) is 0 Å². The van der Waals surface area contributed by atoms with Gasteiger partial charge in [0.25, 0.3) is 5.91 Å². The molecule has 1 saturated heterocycles. The molecule has 2 aliphatic heterocycles. The van der Waals surface area contributed by atoms with Crippen molar-refractivity contribution < 1.29 is 19.1 Å². The molecule has 0 radical (unpaired) electrons. The molecule has 2 aliphatic rings. The summed E-state index contributed by atoms with van der Waals surface area (Å²) < 4.78 is 12.9. The fourth-order valence-corrected chi connectivity index (χ4v) is 3.83. The molecule has 1 fully saturated rings. The van der Waals surface area contributed by atoms with E-state index < -0.39 is 6.10 Å². The van der Waals surface area contributed by atoms with Crippen LogP contribution in [0.25, 0.3) is 0 Å². The molecular weight excluding hydrogens is 384 g/mol. The number of carbonyl (C=O) groups is 2. The number of hydrogen-bond acceptors (Lipinski definition) is 8. The van der Waals surface area contributed by atoms with Crippen LogP contribution >= 0.6 is 11.8 Å². The number of fused-ring (bicyclic) bond motifs is 1. The van der Waals surface area contributed by atoms with Crippen molar-refractivity contribution in [3.05, 3.63) is 24.3 Å². The van der Waals surface area contributed by atoms with Crippen LogP contribution in [0.1, 0.15) is 0 Å². The van der Waals surface area contributed by atoms with Crippen LogP contribution in [0.2, 0.25) is 0 Å². The van der Waals surface area contributed by atoms with Crippen molar-refractivity contribution in [3.8, 4) is 11.5 Å². The fourth-order valence-electron chi connectivity index (χ4n) is 3.08. The minimum atomic E-state index is -0.656. The number of aryl methyl sites for hydroxylation is 1. The number of carbonyl (C=O) groups excluding carboxylic acids is 2. The van der Waals surface area contributed by atoms with Gasteiger partial charge in [-0.15, -0.1) is 5.10 Å². The number of thioether (sulfide) groups is 1.